The first kappa shape index (κ1) is 16.5. The minimum absolute atomic E-state index is 0.0564. The minimum atomic E-state index is -3.64. The second-order valence-corrected chi connectivity index (χ2v) is 7.51. The molecule has 1 aromatic carbocycles. The summed E-state index contributed by atoms with van der Waals surface area (Å²) in [4.78, 5) is 4.15. The van der Waals surface area contributed by atoms with E-state index < -0.39 is 9.84 Å². The number of hydrogen-bond acceptors (Lipinski definition) is 5. The molecule has 0 aliphatic carbocycles. The Labute approximate surface area is 144 Å². The lowest BCUT2D eigenvalue weighted by molar-refractivity contribution is 0.402. The molecule has 5 nitrogen and oxygen atoms in total. The summed E-state index contributed by atoms with van der Waals surface area (Å²) in [6, 6.07) is 9.79. The predicted molar refractivity (Wildman–Crippen MR) is 90.8 cm³/mol. The molecule has 24 heavy (non-hydrogen) atoms. The van der Waals surface area contributed by atoms with E-state index in [-0.39, 0.29) is 16.4 Å². The lowest BCUT2D eigenvalue weighted by Gasteiger charge is -2.10. The zero-order valence-electron chi connectivity index (χ0n) is 12.8. The van der Waals surface area contributed by atoms with Crippen molar-refractivity contribution in [3.63, 3.8) is 0 Å². The van der Waals surface area contributed by atoms with Gasteiger partial charge in [-0.1, -0.05) is 11.6 Å². The predicted octanol–water partition coefficient (Wildman–Crippen LogP) is 3.98. The van der Waals surface area contributed by atoms with E-state index in [4.69, 9.17) is 20.8 Å². The van der Waals surface area contributed by atoms with Crippen molar-refractivity contribution in [3.8, 4) is 17.1 Å². The van der Waals surface area contributed by atoms with Crippen molar-refractivity contribution >= 4 is 21.4 Å². The van der Waals surface area contributed by atoms with Crippen molar-refractivity contribution in [3.05, 3.63) is 65.6 Å². The Morgan fingerprint density at radius 2 is 2.04 bits per heavy atom. The largest absolute Gasteiger partial charge is 0.495 e. The van der Waals surface area contributed by atoms with Crippen LogP contribution < -0.4 is 4.74 Å². The molecule has 0 N–H and O–H groups in total. The van der Waals surface area contributed by atoms with Gasteiger partial charge in [-0.3, -0.25) is 4.98 Å². The van der Waals surface area contributed by atoms with Gasteiger partial charge in [0.05, 0.1) is 19.1 Å². The molecule has 124 valence electrons. The van der Waals surface area contributed by atoms with Crippen LogP contribution in [0.3, 0.4) is 0 Å². The van der Waals surface area contributed by atoms with Crippen LogP contribution in [0.2, 0.25) is 5.02 Å². The molecular formula is C17H14ClNO4S. The number of nitrogens with zero attached hydrogens (tertiary/aromatic N) is 1. The second kappa shape index (κ2) is 6.67. The first-order valence-electron chi connectivity index (χ1n) is 7.04. The molecule has 0 atom stereocenters. The van der Waals surface area contributed by atoms with Crippen LogP contribution in [0, 0.1) is 0 Å². The van der Waals surface area contributed by atoms with E-state index in [1.807, 2.05) is 0 Å². The molecule has 0 amide bonds. The molecule has 3 aromatic rings. The molecule has 2 heterocycles. The Morgan fingerprint density at radius 3 is 2.75 bits per heavy atom. The molecule has 0 unspecified atom stereocenters. The average Bonchev–Trinajstić information content (AvgIpc) is 3.09. The van der Waals surface area contributed by atoms with E-state index >= 15 is 0 Å². The molecule has 0 saturated carbocycles. The summed E-state index contributed by atoms with van der Waals surface area (Å²) in [6.45, 7) is 0. The van der Waals surface area contributed by atoms with Crippen molar-refractivity contribution in [1.82, 2.24) is 4.98 Å². The normalized spacial score (nSPS) is 11.4. The molecule has 0 bridgehead atoms. The van der Waals surface area contributed by atoms with Crippen LogP contribution in [0.5, 0.6) is 5.75 Å². The van der Waals surface area contributed by atoms with E-state index in [0.29, 0.717) is 21.9 Å². The molecule has 2 aromatic heterocycles. The van der Waals surface area contributed by atoms with Crippen LogP contribution in [0.4, 0.5) is 0 Å². The summed E-state index contributed by atoms with van der Waals surface area (Å²) in [5, 5.41) is 0.330. The highest BCUT2D eigenvalue weighted by Gasteiger charge is 2.21. The van der Waals surface area contributed by atoms with E-state index in [1.165, 1.54) is 25.4 Å². The highest BCUT2D eigenvalue weighted by Crippen LogP contribution is 2.30. The lowest BCUT2D eigenvalue weighted by Crippen LogP contribution is -2.07. The fourth-order valence-corrected chi connectivity index (χ4v) is 4.09. The first-order chi connectivity index (χ1) is 11.5. The molecule has 0 aliphatic rings. The highest BCUT2D eigenvalue weighted by atomic mass is 35.5. The van der Waals surface area contributed by atoms with Crippen LogP contribution >= 0.6 is 11.6 Å². The van der Waals surface area contributed by atoms with E-state index in [1.54, 1.807) is 36.7 Å². The van der Waals surface area contributed by atoms with Crippen LogP contribution in [-0.2, 0) is 15.6 Å². The van der Waals surface area contributed by atoms with Crippen molar-refractivity contribution < 1.29 is 17.6 Å². The first-order valence-corrected chi connectivity index (χ1v) is 9.07. The van der Waals surface area contributed by atoms with Gasteiger partial charge in [-0.05, 0) is 42.0 Å². The number of sulfone groups is 1. The molecule has 0 fully saturated rings. The van der Waals surface area contributed by atoms with Crippen LogP contribution in [0.1, 0.15) is 5.56 Å². The summed E-state index contributed by atoms with van der Waals surface area (Å²) in [5.74, 6) is 0.669. The van der Waals surface area contributed by atoms with Gasteiger partial charge in [0.25, 0.3) is 0 Å². The topological polar surface area (TPSA) is 69.4 Å². The molecule has 0 spiro atoms. The number of rotatable bonds is 5. The van der Waals surface area contributed by atoms with E-state index in [9.17, 15) is 8.42 Å². The third kappa shape index (κ3) is 3.44. The molecule has 7 heteroatoms. The summed E-state index contributed by atoms with van der Waals surface area (Å²) in [5.41, 5.74) is 1.26. The van der Waals surface area contributed by atoms with Gasteiger partial charge < -0.3 is 9.15 Å². The zero-order chi connectivity index (χ0) is 17.2. The van der Waals surface area contributed by atoms with Gasteiger partial charge in [0, 0.05) is 23.0 Å². The van der Waals surface area contributed by atoms with Gasteiger partial charge in [-0.25, -0.2) is 8.42 Å². The van der Waals surface area contributed by atoms with Gasteiger partial charge in [-0.2, -0.15) is 0 Å². The Bertz CT molecular complexity index is 952. The molecule has 0 aliphatic heterocycles. The van der Waals surface area contributed by atoms with Crippen LogP contribution in [0.25, 0.3) is 11.3 Å². The standard InChI is InChI=1S/C17H14ClNO4S/c1-22-16-5-4-14(18)8-17(16)24(20,21)11-12-7-13(10-19-9-12)15-3-2-6-23-15/h2-10H,11H2,1H3. The number of ether oxygens (including phenoxy) is 1. The number of methoxy groups -OCH3 is 1. The maximum absolute atomic E-state index is 12.7. The summed E-state index contributed by atoms with van der Waals surface area (Å²) in [6.07, 6.45) is 4.69. The summed E-state index contributed by atoms with van der Waals surface area (Å²) < 4.78 is 35.9. The zero-order valence-corrected chi connectivity index (χ0v) is 14.3. The maximum atomic E-state index is 12.7. The molecule has 3 rings (SSSR count). The third-order valence-corrected chi connectivity index (χ3v) is 5.36. The Kier molecular flexibility index (Phi) is 4.59. The van der Waals surface area contributed by atoms with Crippen molar-refractivity contribution in [2.45, 2.75) is 10.6 Å². The Balaban J connectivity index is 1.96. The average molecular weight is 364 g/mol. The van der Waals surface area contributed by atoms with Crippen molar-refractivity contribution in [2.24, 2.45) is 0 Å². The third-order valence-electron chi connectivity index (χ3n) is 3.42. The number of benzene rings is 1. The van der Waals surface area contributed by atoms with Crippen LogP contribution in [-0.4, -0.2) is 20.5 Å². The number of aromatic nitrogens is 1. The SMILES string of the molecule is COc1ccc(Cl)cc1S(=O)(=O)Cc1cncc(-c2ccco2)c1. The number of hydrogen-bond donors (Lipinski definition) is 0. The van der Waals surface area contributed by atoms with E-state index in [0.717, 1.165) is 0 Å². The Morgan fingerprint density at radius 1 is 1.21 bits per heavy atom. The number of pyridine rings is 1. The second-order valence-electron chi connectivity index (χ2n) is 5.11. The molecule has 0 saturated heterocycles. The lowest BCUT2D eigenvalue weighted by atomic mass is 10.2. The monoisotopic (exact) mass is 363 g/mol. The summed E-state index contributed by atoms with van der Waals surface area (Å²) >= 11 is 5.93. The van der Waals surface area contributed by atoms with Gasteiger partial charge >= 0.3 is 0 Å². The van der Waals surface area contributed by atoms with E-state index in [2.05, 4.69) is 4.98 Å². The fourth-order valence-electron chi connectivity index (χ4n) is 2.33. The van der Waals surface area contributed by atoms with Crippen molar-refractivity contribution in [2.75, 3.05) is 7.11 Å². The smallest absolute Gasteiger partial charge is 0.186 e. The Hall–Kier alpha value is -2.31. The quantitative estimate of drug-likeness (QED) is 0.685. The van der Waals surface area contributed by atoms with Crippen molar-refractivity contribution in [1.29, 1.82) is 0 Å². The minimum Gasteiger partial charge on any atom is -0.495 e. The van der Waals surface area contributed by atoms with Crippen LogP contribution in [0.15, 0.2) is 64.4 Å². The number of furan rings is 1. The summed E-state index contributed by atoms with van der Waals surface area (Å²) in [7, 11) is -2.23. The van der Waals surface area contributed by atoms with Gasteiger partial charge in [0.15, 0.2) is 9.84 Å². The van der Waals surface area contributed by atoms with Gasteiger partial charge in [-0.15, -0.1) is 0 Å². The maximum Gasteiger partial charge on any atom is 0.186 e. The van der Waals surface area contributed by atoms with Gasteiger partial charge in [0.2, 0.25) is 0 Å². The highest BCUT2D eigenvalue weighted by molar-refractivity contribution is 7.90. The molecular weight excluding hydrogens is 350 g/mol. The molecule has 0 radical (unpaired) electrons. The van der Waals surface area contributed by atoms with Gasteiger partial charge in [0.1, 0.15) is 16.4 Å². The number of halogens is 1. The fraction of sp³-hybridized carbons (Fsp3) is 0.118.